The molecule has 0 saturated carbocycles. The van der Waals surface area contributed by atoms with Crippen molar-refractivity contribution in [2.24, 2.45) is 5.10 Å². The van der Waals surface area contributed by atoms with Crippen molar-refractivity contribution >= 4 is 34.0 Å². The van der Waals surface area contributed by atoms with Crippen molar-refractivity contribution in [3.05, 3.63) is 22.2 Å². The number of hydrazone groups is 1. The molecule has 1 aromatic rings. The number of amides is 2. The molecule has 8 heteroatoms. The molecule has 0 fully saturated rings. The van der Waals surface area contributed by atoms with Gasteiger partial charge in [0.2, 0.25) is 0 Å². The average Bonchev–Trinajstić information content (AvgIpc) is 2.56. The molecule has 0 spiro atoms. The molecule has 7 nitrogen and oxygen atoms in total. The molecule has 0 aliphatic carbocycles. The second-order valence-corrected chi connectivity index (χ2v) is 6.54. The van der Waals surface area contributed by atoms with Crippen molar-refractivity contribution in [3.8, 4) is 11.5 Å². The van der Waals surface area contributed by atoms with E-state index in [1.807, 2.05) is 27.7 Å². The standard InChI is InChI=1S/C17H24BrN3O4/c1-6-11(4)20-16(22)17(23)21-19-9-12-7-13(18)15(25-10(2)3)14(8-12)24-5/h7-11H,6H2,1-5H3,(H,20,22)(H,21,23)/b19-9-/t11-/m0/s1. The van der Waals surface area contributed by atoms with E-state index in [1.54, 1.807) is 12.1 Å². The molecule has 0 radical (unpaired) electrons. The van der Waals surface area contributed by atoms with Crippen LogP contribution in [0.3, 0.4) is 0 Å². The Balaban J connectivity index is 2.79. The number of methoxy groups -OCH3 is 1. The highest BCUT2D eigenvalue weighted by Gasteiger charge is 2.15. The first-order valence-electron chi connectivity index (χ1n) is 7.96. The fraction of sp³-hybridized carbons (Fsp3) is 0.471. The van der Waals surface area contributed by atoms with Crippen LogP contribution in [0, 0.1) is 0 Å². The molecule has 0 unspecified atom stereocenters. The van der Waals surface area contributed by atoms with Gasteiger partial charge >= 0.3 is 11.8 Å². The van der Waals surface area contributed by atoms with Crippen molar-refractivity contribution in [2.45, 2.75) is 46.3 Å². The van der Waals surface area contributed by atoms with Crippen LogP contribution in [0.5, 0.6) is 11.5 Å². The predicted molar refractivity (Wildman–Crippen MR) is 100 cm³/mol. The molecular weight excluding hydrogens is 390 g/mol. The molecule has 0 aromatic heterocycles. The number of halogens is 1. The first kappa shape index (κ1) is 21.0. The summed E-state index contributed by atoms with van der Waals surface area (Å²) < 4.78 is 11.7. The Morgan fingerprint density at radius 2 is 1.96 bits per heavy atom. The Labute approximate surface area is 156 Å². The van der Waals surface area contributed by atoms with E-state index >= 15 is 0 Å². The maximum absolute atomic E-state index is 11.7. The summed E-state index contributed by atoms with van der Waals surface area (Å²) in [6.45, 7) is 7.57. The molecule has 0 bridgehead atoms. The maximum Gasteiger partial charge on any atom is 0.329 e. The van der Waals surface area contributed by atoms with Crippen LogP contribution in [0.25, 0.3) is 0 Å². The number of hydrogen-bond donors (Lipinski definition) is 2. The van der Waals surface area contributed by atoms with Gasteiger partial charge in [0.1, 0.15) is 0 Å². The molecule has 25 heavy (non-hydrogen) atoms. The van der Waals surface area contributed by atoms with E-state index < -0.39 is 11.8 Å². The van der Waals surface area contributed by atoms with Crippen molar-refractivity contribution < 1.29 is 19.1 Å². The van der Waals surface area contributed by atoms with Crippen LogP contribution < -0.4 is 20.2 Å². The Hall–Kier alpha value is -2.09. The van der Waals surface area contributed by atoms with Gasteiger partial charge in [-0.2, -0.15) is 5.10 Å². The van der Waals surface area contributed by atoms with Gasteiger partial charge in [0, 0.05) is 6.04 Å². The van der Waals surface area contributed by atoms with E-state index in [4.69, 9.17) is 9.47 Å². The normalized spacial score (nSPS) is 12.1. The monoisotopic (exact) mass is 413 g/mol. The third-order valence-electron chi connectivity index (χ3n) is 3.18. The Morgan fingerprint density at radius 1 is 1.28 bits per heavy atom. The van der Waals surface area contributed by atoms with Gasteiger partial charge in [-0.25, -0.2) is 5.43 Å². The minimum atomic E-state index is -0.817. The molecule has 1 aromatic carbocycles. The van der Waals surface area contributed by atoms with E-state index in [1.165, 1.54) is 13.3 Å². The minimum absolute atomic E-state index is 0.00645. The van der Waals surface area contributed by atoms with E-state index in [2.05, 4.69) is 31.8 Å². The van der Waals surface area contributed by atoms with Crippen molar-refractivity contribution in [3.63, 3.8) is 0 Å². The molecule has 1 rings (SSSR count). The molecule has 2 amide bonds. The van der Waals surface area contributed by atoms with Crippen LogP contribution in [0.1, 0.15) is 39.7 Å². The molecule has 0 aliphatic heterocycles. The number of nitrogens with one attached hydrogen (secondary N) is 2. The van der Waals surface area contributed by atoms with E-state index in [0.717, 1.165) is 6.42 Å². The summed E-state index contributed by atoms with van der Waals surface area (Å²) in [7, 11) is 1.54. The quantitative estimate of drug-likeness (QED) is 0.408. The summed E-state index contributed by atoms with van der Waals surface area (Å²) in [6.07, 6.45) is 2.15. The van der Waals surface area contributed by atoms with Gasteiger partial charge in [0.15, 0.2) is 11.5 Å². The smallest absolute Gasteiger partial charge is 0.329 e. The zero-order valence-corrected chi connectivity index (χ0v) is 16.6. The van der Waals surface area contributed by atoms with Crippen molar-refractivity contribution in [1.29, 1.82) is 0 Å². The van der Waals surface area contributed by atoms with Gasteiger partial charge in [-0.1, -0.05) is 6.92 Å². The van der Waals surface area contributed by atoms with Gasteiger partial charge in [-0.15, -0.1) is 0 Å². The third-order valence-corrected chi connectivity index (χ3v) is 3.77. The third kappa shape index (κ3) is 6.74. The first-order chi connectivity index (χ1) is 11.8. The highest BCUT2D eigenvalue weighted by Crippen LogP contribution is 2.36. The highest BCUT2D eigenvalue weighted by atomic mass is 79.9. The Morgan fingerprint density at radius 3 is 2.52 bits per heavy atom. The zero-order valence-electron chi connectivity index (χ0n) is 15.1. The van der Waals surface area contributed by atoms with Crippen molar-refractivity contribution in [2.75, 3.05) is 7.11 Å². The summed E-state index contributed by atoms with van der Waals surface area (Å²) >= 11 is 3.43. The lowest BCUT2D eigenvalue weighted by Gasteiger charge is -2.15. The topological polar surface area (TPSA) is 89.0 Å². The number of benzene rings is 1. The average molecular weight is 414 g/mol. The summed E-state index contributed by atoms with van der Waals surface area (Å²) in [5.74, 6) is -0.412. The van der Waals surface area contributed by atoms with E-state index in [-0.39, 0.29) is 12.1 Å². The molecule has 138 valence electrons. The van der Waals surface area contributed by atoms with Crippen LogP contribution in [0.15, 0.2) is 21.7 Å². The molecule has 2 N–H and O–H groups in total. The van der Waals surface area contributed by atoms with Crippen LogP contribution >= 0.6 is 15.9 Å². The predicted octanol–water partition coefficient (Wildman–Crippen LogP) is 2.61. The molecule has 0 saturated heterocycles. The second kappa shape index (κ2) is 10.0. The fourth-order valence-electron chi connectivity index (χ4n) is 1.77. The number of carbonyl (C=O) groups is 2. The molecule has 0 aliphatic rings. The van der Waals surface area contributed by atoms with Crippen LogP contribution in [-0.2, 0) is 9.59 Å². The summed E-state index contributed by atoms with van der Waals surface area (Å²) in [5, 5.41) is 6.36. The van der Waals surface area contributed by atoms with Gasteiger partial charge in [-0.05, 0) is 60.8 Å². The molecule has 1 atom stereocenters. The Bertz CT molecular complexity index is 647. The van der Waals surface area contributed by atoms with Crippen LogP contribution in [0.2, 0.25) is 0 Å². The largest absolute Gasteiger partial charge is 0.493 e. The number of ether oxygens (including phenoxy) is 2. The SMILES string of the molecule is CC[C@H](C)NC(=O)C(=O)N/N=C\c1cc(Br)c(OC(C)C)c(OC)c1. The van der Waals surface area contributed by atoms with Crippen LogP contribution in [-0.4, -0.2) is 37.3 Å². The lowest BCUT2D eigenvalue weighted by Crippen LogP contribution is -2.41. The van der Waals surface area contributed by atoms with Crippen molar-refractivity contribution in [1.82, 2.24) is 10.7 Å². The number of carbonyl (C=O) groups excluding carboxylic acids is 2. The lowest BCUT2D eigenvalue weighted by atomic mass is 10.2. The van der Waals surface area contributed by atoms with Gasteiger partial charge in [0.25, 0.3) is 0 Å². The second-order valence-electron chi connectivity index (χ2n) is 5.68. The van der Waals surface area contributed by atoms with Gasteiger partial charge in [0.05, 0.1) is 23.9 Å². The summed E-state index contributed by atoms with van der Waals surface area (Å²) in [5.41, 5.74) is 2.86. The lowest BCUT2D eigenvalue weighted by molar-refractivity contribution is -0.139. The Kier molecular flexibility index (Phi) is 8.40. The maximum atomic E-state index is 11.7. The number of hydrogen-bond acceptors (Lipinski definition) is 5. The summed E-state index contributed by atoms with van der Waals surface area (Å²) in [4.78, 5) is 23.3. The number of nitrogens with zero attached hydrogens (tertiary/aromatic N) is 1. The first-order valence-corrected chi connectivity index (χ1v) is 8.75. The fourth-order valence-corrected chi connectivity index (χ4v) is 2.33. The number of rotatable bonds is 7. The minimum Gasteiger partial charge on any atom is -0.493 e. The highest BCUT2D eigenvalue weighted by molar-refractivity contribution is 9.10. The zero-order chi connectivity index (χ0) is 19.0. The molecular formula is C17H24BrN3O4. The van der Waals surface area contributed by atoms with Gasteiger partial charge in [-0.3, -0.25) is 9.59 Å². The van der Waals surface area contributed by atoms with Gasteiger partial charge < -0.3 is 14.8 Å². The van der Waals surface area contributed by atoms with Crippen LogP contribution in [0.4, 0.5) is 0 Å². The van der Waals surface area contributed by atoms with E-state index in [9.17, 15) is 9.59 Å². The van der Waals surface area contributed by atoms with E-state index in [0.29, 0.717) is 21.5 Å². The molecule has 0 heterocycles. The summed E-state index contributed by atoms with van der Waals surface area (Å²) in [6, 6.07) is 3.42.